The molecule has 14 heavy (non-hydrogen) atoms. The Kier molecular flexibility index (Phi) is 3.70. The van der Waals surface area contributed by atoms with Crippen molar-refractivity contribution in [3.63, 3.8) is 0 Å². The van der Waals surface area contributed by atoms with Crippen LogP contribution in [0, 0.1) is 0 Å². The van der Waals surface area contributed by atoms with Crippen LogP contribution in [0.25, 0.3) is 0 Å². The van der Waals surface area contributed by atoms with Gasteiger partial charge in [0, 0.05) is 6.04 Å². The number of rotatable bonds is 4. The van der Waals surface area contributed by atoms with Crippen molar-refractivity contribution >= 4 is 0 Å². The van der Waals surface area contributed by atoms with Crippen LogP contribution in [0.5, 0.6) is 0 Å². The molecule has 0 fully saturated rings. The largest absolute Gasteiger partial charge is 0.328 e. The van der Waals surface area contributed by atoms with Gasteiger partial charge < -0.3 is 5.73 Å². The molecule has 1 atom stereocenters. The fourth-order valence-corrected chi connectivity index (χ4v) is 1.62. The average molecular weight is 191 g/mol. The molecule has 78 valence electrons. The highest BCUT2D eigenvalue weighted by atomic mass is 14.6. The smallest absolute Gasteiger partial charge is 0.00107 e. The van der Waals surface area contributed by atoms with E-state index in [1.807, 2.05) is 0 Å². The maximum absolute atomic E-state index is 5.78. The minimum atomic E-state index is 0.245. The Morgan fingerprint density at radius 1 is 1.21 bits per heavy atom. The lowest BCUT2D eigenvalue weighted by molar-refractivity contribution is 0.438. The molecule has 0 amide bonds. The van der Waals surface area contributed by atoms with Crippen molar-refractivity contribution in [1.82, 2.24) is 0 Å². The predicted molar refractivity (Wildman–Crippen MR) is 62.4 cm³/mol. The normalized spacial score (nSPS) is 14.0. The summed E-state index contributed by atoms with van der Waals surface area (Å²) in [4.78, 5) is 0. The molecule has 0 aliphatic carbocycles. The highest BCUT2D eigenvalue weighted by molar-refractivity contribution is 5.23. The SMILES string of the molecule is CC(N)CCC(C)(C)c1ccccc1. The maximum atomic E-state index is 5.78. The van der Waals surface area contributed by atoms with Crippen LogP contribution in [0.4, 0.5) is 0 Å². The van der Waals surface area contributed by atoms with E-state index >= 15 is 0 Å². The van der Waals surface area contributed by atoms with Crippen LogP contribution < -0.4 is 5.73 Å². The summed E-state index contributed by atoms with van der Waals surface area (Å²) in [5, 5.41) is 0. The zero-order valence-corrected chi connectivity index (χ0v) is 9.46. The molecule has 1 aromatic rings. The second-order valence-electron chi connectivity index (χ2n) is 4.77. The van der Waals surface area contributed by atoms with Crippen molar-refractivity contribution in [1.29, 1.82) is 0 Å². The van der Waals surface area contributed by atoms with Gasteiger partial charge in [-0.1, -0.05) is 44.2 Å². The maximum Gasteiger partial charge on any atom is 0.00107 e. The van der Waals surface area contributed by atoms with E-state index in [9.17, 15) is 0 Å². The van der Waals surface area contributed by atoms with Crippen molar-refractivity contribution in [2.75, 3.05) is 0 Å². The number of nitrogens with two attached hydrogens (primary N) is 1. The lowest BCUT2D eigenvalue weighted by atomic mass is 9.80. The minimum Gasteiger partial charge on any atom is -0.328 e. The summed E-state index contributed by atoms with van der Waals surface area (Å²) >= 11 is 0. The van der Waals surface area contributed by atoms with Gasteiger partial charge in [-0.3, -0.25) is 0 Å². The van der Waals surface area contributed by atoms with Crippen LogP contribution >= 0.6 is 0 Å². The second-order valence-corrected chi connectivity index (χ2v) is 4.77. The van der Waals surface area contributed by atoms with Gasteiger partial charge in [0.1, 0.15) is 0 Å². The van der Waals surface area contributed by atoms with E-state index in [2.05, 4.69) is 51.1 Å². The molecule has 1 aromatic carbocycles. The molecule has 2 N–H and O–H groups in total. The van der Waals surface area contributed by atoms with E-state index in [0.29, 0.717) is 6.04 Å². The van der Waals surface area contributed by atoms with Crippen LogP contribution in [0.3, 0.4) is 0 Å². The van der Waals surface area contributed by atoms with E-state index in [1.165, 1.54) is 5.56 Å². The quantitative estimate of drug-likeness (QED) is 0.777. The van der Waals surface area contributed by atoms with E-state index in [1.54, 1.807) is 0 Å². The summed E-state index contributed by atoms with van der Waals surface area (Å²) in [6.45, 7) is 6.64. The van der Waals surface area contributed by atoms with Gasteiger partial charge in [0.25, 0.3) is 0 Å². The first-order valence-corrected chi connectivity index (χ1v) is 5.33. The van der Waals surface area contributed by atoms with Crippen molar-refractivity contribution in [2.24, 2.45) is 5.73 Å². The topological polar surface area (TPSA) is 26.0 Å². The van der Waals surface area contributed by atoms with Gasteiger partial charge in [0.15, 0.2) is 0 Å². The Balaban J connectivity index is 2.66. The molecule has 1 nitrogen and oxygen atoms in total. The molecule has 0 aromatic heterocycles. The van der Waals surface area contributed by atoms with Gasteiger partial charge >= 0.3 is 0 Å². The Bertz CT molecular complexity index is 262. The van der Waals surface area contributed by atoms with E-state index in [-0.39, 0.29) is 5.41 Å². The Morgan fingerprint density at radius 2 is 1.79 bits per heavy atom. The van der Waals surface area contributed by atoms with Crippen molar-refractivity contribution in [3.05, 3.63) is 35.9 Å². The summed E-state index contributed by atoms with van der Waals surface area (Å²) in [6.07, 6.45) is 2.23. The molecule has 1 unspecified atom stereocenters. The first-order chi connectivity index (χ1) is 6.52. The Labute approximate surface area is 87.3 Å². The van der Waals surface area contributed by atoms with Gasteiger partial charge in [-0.2, -0.15) is 0 Å². The van der Waals surface area contributed by atoms with E-state index in [4.69, 9.17) is 5.73 Å². The number of hydrogen-bond acceptors (Lipinski definition) is 1. The third-order valence-corrected chi connectivity index (χ3v) is 2.78. The third-order valence-electron chi connectivity index (χ3n) is 2.78. The van der Waals surface area contributed by atoms with Crippen LogP contribution in [-0.2, 0) is 5.41 Å². The van der Waals surface area contributed by atoms with Crippen LogP contribution in [-0.4, -0.2) is 6.04 Å². The zero-order chi connectivity index (χ0) is 10.6. The van der Waals surface area contributed by atoms with E-state index in [0.717, 1.165) is 12.8 Å². The van der Waals surface area contributed by atoms with Gasteiger partial charge in [-0.25, -0.2) is 0 Å². The van der Waals surface area contributed by atoms with Gasteiger partial charge in [0.2, 0.25) is 0 Å². The van der Waals surface area contributed by atoms with Crippen LogP contribution in [0.1, 0.15) is 39.2 Å². The lowest BCUT2D eigenvalue weighted by Crippen LogP contribution is -2.22. The molecule has 1 heteroatoms. The fourth-order valence-electron chi connectivity index (χ4n) is 1.62. The summed E-state index contributed by atoms with van der Waals surface area (Å²) in [7, 11) is 0. The molecule has 1 rings (SSSR count). The van der Waals surface area contributed by atoms with Crippen molar-refractivity contribution in [2.45, 2.75) is 45.1 Å². The molecule has 0 aliphatic rings. The molecule has 0 radical (unpaired) electrons. The molecule has 0 heterocycles. The van der Waals surface area contributed by atoms with E-state index < -0.39 is 0 Å². The minimum absolute atomic E-state index is 0.245. The molecule has 0 saturated heterocycles. The van der Waals surface area contributed by atoms with Gasteiger partial charge in [-0.15, -0.1) is 0 Å². The molecular formula is C13H21N. The van der Waals surface area contributed by atoms with Crippen LogP contribution in [0.2, 0.25) is 0 Å². The molecule has 0 saturated carbocycles. The van der Waals surface area contributed by atoms with Crippen LogP contribution in [0.15, 0.2) is 30.3 Å². The Hall–Kier alpha value is -0.820. The van der Waals surface area contributed by atoms with Gasteiger partial charge in [-0.05, 0) is 30.7 Å². The predicted octanol–water partition coefficient (Wildman–Crippen LogP) is 3.09. The Morgan fingerprint density at radius 3 is 2.29 bits per heavy atom. The third kappa shape index (κ3) is 3.15. The fraction of sp³-hybridized carbons (Fsp3) is 0.538. The number of hydrogen-bond donors (Lipinski definition) is 1. The molecule has 0 bridgehead atoms. The summed E-state index contributed by atoms with van der Waals surface area (Å²) in [5.74, 6) is 0. The summed E-state index contributed by atoms with van der Waals surface area (Å²) < 4.78 is 0. The highest BCUT2D eigenvalue weighted by Crippen LogP contribution is 2.28. The monoisotopic (exact) mass is 191 g/mol. The number of benzene rings is 1. The molecular weight excluding hydrogens is 170 g/mol. The van der Waals surface area contributed by atoms with Crippen molar-refractivity contribution in [3.8, 4) is 0 Å². The zero-order valence-electron chi connectivity index (χ0n) is 9.46. The van der Waals surface area contributed by atoms with Gasteiger partial charge in [0.05, 0.1) is 0 Å². The highest BCUT2D eigenvalue weighted by Gasteiger charge is 2.19. The second kappa shape index (κ2) is 4.61. The molecule has 0 aliphatic heterocycles. The lowest BCUT2D eigenvalue weighted by Gasteiger charge is -2.26. The standard InChI is InChI=1S/C13H21N/c1-11(14)9-10-13(2,3)12-7-5-4-6-8-12/h4-8,11H,9-10,14H2,1-3H3. The average Bonchev–Trinajstić information content (AvgIpc) is 2.16. The first-order valence-electron chi connectivity index (χ1n) is 5.33. The van der Waals surface area contributed by atoms with Crippen molar-refractivity contribution < 1.29 is 0 Å². The molecule has 0 spiro atoms. The first kappa shape index (κ1) is 11.3. The summed E-state index contributed by atoms with van der Waals surface area (Å²) in [5.41, 5.74) is 7.43. The summed E-state index contributed by atoms with van der Waals surface area (Å²) in [6, 6.07) is 11.0.